The maximum absolute atomic E-state index is 6.06. The van der Waals surface area contributed by atoms with Gasteiger partial charge in [-0.15, -0.1) is 0 Å². The Morgan fingerprint density at radius 1 is 1.26 bits per heavy atom. The molecule has 4 rings (SSSR count). The standard InChI is InChI=1S/C21H29N3O3/c1-22-18-14-26-13-15-12-23-17-11-20(19(25-2)10-16(17)21(15)18)27-9-5-8-24-6-3-4-7-24/h10-12,18,22H,3-9,13-14H2,1-2H3. The van der Waals surface area contributed by atoms with Crippen LogP contribution in [0.4, 0.5) is 0 Å². The van der Waals surface area contributed by atoms with Gasteiger partial charge in [-0.25, -0.2) is 0 Å². The number of ether oxygens (including phenoxy) is 3. The van der Waals surface area contributed by atoms with Gasteiger partial charge < -0.3 is 24.4 Å². The molecule has 27 heavy (non-hydrogen) atoms. The van der Waals surface area contributed by atoms with Gasteiger partial charge in [-0.1, -0.05) is 0 Å². The van der Waals surface area contributed by atoms with Gasteiger partial charge in [0.25, 0.3) is 0 Å². The van der Waals surface area contributed by atoms with Crippen LogP contribution in [0.3, 0.4) is 0 Å². The number of fused-ring (bicyclic) bond motifs is 3. The van der Waals surface area contributed by atoms with Gasteiger partial charge in [0.2, 0.25) is 0 Å². The van der Waals surface area contributed by atoms with Gasteiger partial charge in [0, 0.05) is 29.8 Å². The lowest BCUT2D eigenvalue weighted by Crippen LogP contribution is -2.27. The van der Waals surface area contributed by atoms with Crippen molar-refractivity contribution in [2.75, 3.05) is 47.0 Å². The minimum absolute atomic E-state index is 0.163. The SMILES string of the molecule is CNC1COCc2cnc3cc(OCCCN4CCCC4)c(OC)cc3c21. The van der Waals surface area contributed by atoms with Crippen LogP contribution in [0.25, 0.3) is 10.9 Å². The molecule has 1 fully saturated rings. The molecule has 6 nitrogen and oxygen atoms in total. The highest BCUT2D eigenvalue weighted by molar-refractivity contribution is 5.87. The van der Waals surface area contributed by atoms with Crippen molar-refractivity contribution in [3.63, 3.8) is 0 Å². The number of likely N-dealkylation sites (tertiary alicyclic amines) is 1. The molecular weight excluding hydrogens is 342 g/mol. The zero-order valence-corrected chi connectivity index (χ0v) is 16.3. The third-order valence-electron chi connectivity index (χ3n) is 5.59. The van der Waals surface area contributed by atoms with E-state index in [2.05, 4.69) is 21.3 Å². The molecule has 6 heteroatoms. The summed E-state index contributed by atoms with van der Waals surface area (Å²) in [5.41, 5.74) is 3.33. The highest BCUT2D eigenvalue weighted by atomic mass is 16.5. The van der Waals surface area contributed by atoms with Crippen LogP contribution < -0.4 is 14.8 Å². The van der Waals surface area contributed by atoms with Gasteiger partial charge in [0.1, 0.15) is 0 Å². The Hall–Kier alpha value is -1.89. The lowest BCUT2D eigenvalue weighted by Gasteiger charge is -2.27. The quantitative estimate of drug-likeness (QED) is 0.756. The molecule has 146 valence electrons. The van der Waals surface area contributed by atoms with Gasteiger partial charge in [0.05, 0.1) is 38.5 Å². The van der Waals surface area contributed by atoms with E-state index in [4.69, 9.17) is 14.2 Å². The first-order valence-electron chi connectivity index (χ1n) is 9.90. The first-order valence-corrected chi connectivity index (χ1v) is 9.90. The van der Waals surface area contributed by atoms with E-state index in [1.54, 1.807) is 7.11 Å². The highest BCUT2D eigenvalue weighted by Crippen LogP contribution is 2.37. The molecule has 1 unspecified atom stereocenters. The Morgan fingerprint density at radius 3 is 2.89 bits per heavy atom. The van der Waals surface area contributed by atoms with Crippen molar-refractivity contribution in [2.45, 2.75) is 31.9 Å². The van der Waals surface area contributed by atoms with Crippen LogP contribution in [0.2, 0.25) is 0 Å². The minimum Gasteiger partial charge on any atom is -0.493 e. The fourth-order valence-corrected chi connectivity index (χ4v) is 4.13. The van der Waals surface area contributed by atoms with E-state index in [1.165, 1.54) is 31.5 Å². The van der Waals surface area contributed by atoms with E-state index < -0.39 is 0 Å². The average Bonchev–Trinajstić information content (AvgIpc) is 3.23. The number of likely N-dealkylation sites (N-methyl/N-ethyl adjacent to an activating group) is 1. The van der Waals surface area contributed by atoms with Crippen LogP contribution in [0.5, 0.6) is 11.5 Å². The third-order valence-corrected chi connectivity index (χ3v) is 5.59. The van der Waals surface area contributed by atoms with Gasteiger partial charge in [-0.05, 0) is 51.0 Å². The molecule has 1 aromatic heterocycles. The highest BCUT2D eigenvalue weighted by Gasteiger charge is 2.23. The molecule has 0 radical (unpaired) electrons. The van der Waals surface area contributed by atoms with E-state index in [0.29, 0.717) is 19.8 Å². The topological polar surface area (TPSA) is 55.8 Å². The maximum atomic E-state index is 6.06. The van der Waals surface area contributed by atoms with E-state index in [1.807, 2.05) is 19.3 Å². The Morgan fingerprint density at radius 2 is 2.11 bits per heavy atom. The summed E-state index contributed by atoms with van der Waals surface area (Å²) < 4.78 is 17.4. The first-order chi connectivity index (χ1) is 13.3. The van der Waals surface area contributed by atoms with E-state index >= 15 is 0 Å². The van der Waals surface area contributed by atoms with Gasteiger partial charge in [-0.3, -0.25) is 4.98 Å². The number of rotatable bonds is 7. The number of pyridine rings is 1. The fraction of sp³-hybridized carbons (Fsp3) is 0.571. The van der Waals surface area contributed by atoms with Gasteiger partial charge in [-0.2, -0.15) is 0 Å². The lowest BCUT2D eigenvalue weighted by atomic mass is 9.95. The summed E-state index contributed by atoms with van der Waals surface area (Å²) in [4.78, 5) is 7.15. The fourth-order valence-electron chi connectivity index (χ4n) is 4.13. The second kappa shape index (κ2) is 8.42. The third kappa shape index (κ3) is 3.88. The maximum Gasteiger partial charge on any atom is 0.163 e. The largest absolute Gasteiger partial charge is 0.493 e. The van der Waals surface area contributed by atoms with E-state index in [9.17, 15) is 0 Å². The van der Waals surface area contributed by atoms with E-state index in [0.717, 1.165) is 40.9 Å². The molecule has 1 N–H and O–H groups in total. The predicted molar refractivity (Wildman–Crippen MR) is 106 cm³/mol. The molecule has 1 saturated heterocycles. The number of methoxy groups -OCH3 is 1. The first kappa shape index (κ1) is 18.5. The lowest BCUT2D eigenvalue weighted by molar-refractivity contribution is 0.0848. The summed E-state index contributed by atoms with van der Waals surface area (Å²) in [6, 6.07) is 4.23. The molecule has 0 amide bonds. The van der Waals surface area contributed by atoms with Crippen LogP contribution in [0.15, 0.2) is 18.3 Å². The Bertz CT molecular complexity index is 790. The van der Waals surface area contributed by atoms with E-state index in [-0.39, 0.29) is 6.04 Å². The predicted octanol–water partition coefficient (Wildman–Crippen LogP) is 2.90. The number of aromatic nitrogens is 1. The Balaban J connectivity index is 1.55. The van der Waals surface area contributed by atoms with Crippen molar-refractivity contribution in [1.82, 2.24) is 15.2 Å². The average molecular weight is 371 g/mol. The van der Waals surface area contributed by atoms with Crippen molar-refractivity contribution in [1.29, 1.82) is 0 Å². The van der Waals surface area contributed by atoms with Gasteiger partial charge in [0.15, 0.2) is 11.5 Å². The zero-order chi connectivity index (χ0) is 18.6. The molecule has 1 aromatic carbocycles. The number of nitrogens with one attached hydrogen (secondary N) is 1. The summed E-state index contributed by atoms with van der Waals surface area (Å²) in [5, 5.41) is 4.45. The summed E-state index contributed by atoms with van der Waals surface area (Å²) in [5.74, 6) is 1.53. The summed E-state index contributed by atoms with van der Waals surface area (Å²) in [7, 11) is 3.66. The molecule has 2 aromatic rings. The smallest absolute Gasteiger partial charge is 0.163 e. The summed E-state index contributed by atoms with van der Waals surface area (Å²) in [6.07, 6.45) is 5.60. The molecule has 2 aliphatic rings. The van der Waals surface area contributed by atoms with Crippen LogP contribution in [-0.4, -0.2) is 56.9 Å². The number of benzene rings is 1. The number of hydrogen-bond acceptors (Lipinski definition) is 6. The normalized spacial score (nSPS) is 20.0. The molecule has 0 saturated carbocycles. The van der Waals surface area contributed by atoms with Crippen LogP contribution >= 0.6 is 0 Å². The van der Waals surface area contributed by atoms with Crippen molar-refractivity contribution in [2.24, 2.45) is 0 Å². The zero-order valence-electron chi connectivity index (χ0n) is 16.3. The molecule has 3 heterocycles. The summed E-state index contributed by atoms with van der Waals surface area (Å²) in [6.45, 7) is 5.52. The molecule has 0 bridgehead atoms. The molecule has 2 aliphatic heterocycles. The molecule has 0 spiro atoms. The van der Waals surface area contributed by atoms with Crippen molar-refractivity contribution in [3.05, 3.63) is 29.5 Å². The van der Waals surface area contributed by atoms with Crippen LogP contribution in [0, 0.1) is 0 Å². The molecular formula is C21H29N3O3. The second-order valence-electron chi connectivity index (χ2n) is 7.32. The van der Waals surface area contributed by atoms with Gasteiger partial charge >= 0.3 is 0 Å². The number of hydrogen-bond donors (Lipinski definition) is 1. The Kier molecular flexibility index (Phi) is 5.76. The number of nitrogens with zero attached hydrogens (tertiary/aromatic N) is 2. The summed E-state index contributed by atoms with van der Waals surface area (Å²) >= 11 is 0. The van der Waals surface area contributed by atoms with Crippen LogP contribution in [0.1, 0.15) is 36.4 Å². The molecule has 0 aliphatic carbocycles. The van der Waals surface area contributed by atoms with Crippen LogP contribution in [-0.2, 0) is 11.3 Å². The monoisotopic (exact) mass is 371 g/mol. The second-order valence-corrected chi connectivity index (χ2v) is 7.32. The minimum atomic E-state index is 0.163. The van der Waals surface area contributed by atoms with Crippen molar-refractivity contribution in [3.8, 4) is 11.5 Å². The van der Waals surface area contributed by atoms with Crippen molar-refractivity contribution < 1.29 is 14.2 Å². The van der Waals surface area contributed by atoms with Crippen molar-refractivity contribution >= 4 is 10.9 Å². The molecule has 1 atom stereocenters. The Labute approximate surface area is 160 Å².